The number of hydrogen-bond donors (Lipinski definition) is 1. The first-order valence-corrected chi connectivity index (χ1v) is 5.97. The SMILES string of the molecule is Cc1nccn1CC(C)CNC1CCC1. The largest absolute Gasteiger partial charge is 0.335 e. The normalized spacial score (nSPS) is 18.8. The quantitative estimate of drug-likeness (QED) is 0.800. The van der Waals surface area contributed by atoms with Crippen LogP contribution in [0.3, 0.4) is 0 Å². The zero-order valence-electron chi connectivity index (χ0n) is 9.74. The third kappa shape index (κ3) is 2.81. The fraction of sp³-hybridized carbons (Fsp3) is 0.750. The molecule has 0 bridgehead atoms. The molecule has 1 N–H and O–H groups in total. The maximum Gasteiger partial charge on any atom is 0.105 e. The molecule has 1 aliphatic carbocycles. The lowest BCUT2D eigenvalue weighted by Crippen LogP contribution is -2.38. The Labute approximate surface area is 91.9 Å². The van der Waals surface area contributed by atoms with E-state index >= 15 is 0 Å². The fourth-order valence-electron chi connectivity index (χ4n) is 1.98. The highest BCUT2D eigenvalue weighted by Gasteiger charge is 2.17. The molecular weight excluding hydrogens is 186 g/mol. The Balaban J connectivity index is 1.71. The Morgan fingerprint density at radius 1 is 1.60 bits per heavy atom. The summed E-state index contributed by atoms with van der Waals surface area (Å²) >= 11 is 0. The minimum absolute atomic E-state index is 0.679. The van der Waals surface area contributed by atoms with Crippen molar-refractivity contribution in [3.05, 3.63) is 18.2 Å². The van der Waals surface area contributed by atoms with Gasteiger partial charge in [0.05, 0.1) is 0 Å². The molecule has 3 heteroatoms. The molecular formula is C12H21N3. The first-order valence-electron chi connectivity index (χ1n) is 5.97. The van der Waals surface area contributed by atoms with E-state index in [4.69, 9.17) is 0 Å². The summed E-state index contributed by atoms with van der Waals surface area (Å²) in [5, 5.41) is 3.62. The predicted molar refractivity (Wildman–Crippen MR) is 61.8 cm³/mol. The van der Waals surface area contributed by atoms with Crippen LogP contribution in [0.2, 0.25) is 0 Å². The summed E-state index contributed by atoms with van der Waals surface area (Å²) in [7, 11) is 0. The van der Waals surface area contributed by atoms with Crippen molar-refractivity contribution in [1.82, 2.24) is 14.9 Å². The van der Waals surface area contributed by atoms with Crippen LogP contribution >= 0.6 is 0 Å². The molecule has 1 atom stereocenters. The van der Waals surface area contributed by atoms with E-state index in [-0.39, 0.29) is 0 Å². The van der Waals surface area contributed by atoms with Gasteiger partial charge in [0.15, 0.2) is 0 Å². The van der Waals surface area contributed by atoms with Crippen LogP contribution in [0.4, 0.5) is 0 Å². The fourth-order valence-corrected chi connectivity index (χ4v) is 1.98. The van der Waals surface area contributed by atoms with E-state index < -0.39 is 0 Å². The van der Waals surface area contributed by atoms with Gasteiger partial charge in [-0.3, -0.25) is 0 Å². The van der Waals surface area contributed by atoms with Crippen LogP contribution in [0, 0.1) is 12.8 Å². The summed E-state index contributed by atoms with van der Waals surface area (Å²) in [5.74, 6) is 1.80. The smallest absolute Gasteiger partial charge is 0.105 e. The lowest BCUT2D eigenvalue weighted by atomic mass is 9.93. The van der Waals surface area contributed by atoms with Gasteiger partial charge in [0.2, 0.25) is 0 Å². The number of aryl methyl sites for hydroxylation is 1. The van der Waals surface area contributed by atoms with Crippen LogP contribution < -0.4 is 5.32 Å². The topological polar surface area (TPSA) is 29.9 Å². The Morgan fingerprint density at radius 2 is 2.40 bits per heavy atom. The molecule has 1 unspecified atom stereocenters. The van der Waals surface area contributed by atoms with E-state index in [0.717, 1.165) is 25.0 Å². The summed E-state index contributed by atoms with van der Waals surface area (Å²) in [4.78, 5) is 4.23. The lowest BCUT2D eigenvalue weighted by molar-refractivity contribution is 0.311. The van der Waals surface area contributed by atoms with Gasteiger partial charge in [0, 0.05) is 25.0 Å². The zero-order valence-corrected chi connectivity index (χ0v) is 9.74. The van der Waals surface area contributed by atoms with Crippen LogP contribution in [0.15, 0.2) is 12.4 Å². The molecule has 1 aromatic heterocycles. The molecule has 0 radical (unpaired) electrons. The average Bonchev–Trinajstić information content (AvgIpc) is 2.49. The van der Waals surface area contributed by atoms with Crippen LogP contribution in [0.25, 0.3) is 0 Å². The van der Waals surface area contributed by atoms with E-state index in [2.05, 4.69) is 34.9 Å². The van der Waals surface area contributed by atoms with E-state index in [1.54, 1.807) is 0 Å². The molecule has 0 amide bonds. The number of aromatic nitrogens is 2. The molecule has 1 aromatic rings. The van der Waals surface area contributed by atoms with Crippen molar-refractivity contribution in [2.24, 2.45) is 5.92 Å². The van der Waals surface area contributed by atoms with Crippen molar-refractivity contribution >= 4 is 0 Å². The van der Waals surface area contributed by atoms with E-state index in [1.165, 1.54) is 19.3 Å². The molecule has 84 valence electrons. The van der Waals surface area contributed by atoms with Crippen molar-refractivity contribution in [1.29, 1.82) is 0 Å². The van der Waals surface area contributed by atoms with Crippen molar-refractivity contribution in [2.45, 2.75) is 45.7 Å². The van der Waals surface area contributed by atoms with Gasteiger partial charge >= 0.3 is 0 Å². The second-order valence-corrected chi connectivity index (χ2v) is 4.77. The summed E-state index contributed by atoms with van der Waals surface area (Å²) in [6.07, 6.45) is 8.09. The van der Waals surface area contributed by atoms with Gasteiger partial charge in [-0.2, -0.15) is 0 Å². The Bertz CT molecular complexity index is 302. The van der Waals surface area contributed by atoms with Crippen LogP contribution in [0.5, 0.6) is 0 Å². The third-order valence-corrected chi connectivity index (χ3v) is 3.29. The Morgan fingerprint density at radius 3 is 2.93 bits per heavy atom. The van der Waals surface area contributed by atoms with Crippen molar-refractivity contribution in [3.63, 3.8) is 0 Å². The maximum atomic E-state index is 4.23. The van der Waals surface area contributed by atoms with Gasteiger partial charge in [0.1, 0.15) is 5.82 Å². The van der Waals surface area contributed by atoms with Gasteiger partial charge in [-0.1, -0.05) is 13.3 Å². The summed E-state index contributed by atoms with van der Waals surface area (Å²) < 4.78 is 2.23. The summed E-state index contributed by atoms with van der Waals surface area (Å²) in [6, 6.07) is 0.802. The minimum atomic E-state index is 0.679. The van der Waals surface area contributed by atoms with Gasteiger partial charge in [-0.05, 0) is 32.2 Å². The molecule has 0 spiro atoms. The molecule has 15 heavy (non-hydrogen) atoms. The van der Waals surface area contributed by atoms with Gasteiger partial charge in [0.25, 0.3) is 0 Å². The predicted octanol–water partition coefficient (Wildman–Crippen LogP) is 1.97. The third-order valence-electron chi connectivity index (χ3n) is 3.29. The van der Waals surface area contributed by atoms with Crippen LogP contribution in [0.1, 0.15) is 32.0 Å². The number of nitrogens with zero attached hydrogens (tertiary/aromatic N) is 2. The lowest BCUT2D eigenvalue weighted by Gasteiger charge is -2.28. The second kappa shape index (κ2) is 4.79. The number of imidazole rings is 1. The zero-order chi connectivity index (χ0) is 10.7. The van der Waals surface area contributed by atoms with Gasteiger partial charge in [-0.25, -0.2) is 4.98 Å². The van der Waals surface area contributed by atoms with E-state index in [0.29, 0.717) is 5.92 Å². The molecule has 2 rings (SSSR count). The van der Waals surface area contributed by atoms with E-state index in [9.17, 15) is 0 Å². The van der Waals surface area contributed by atoms with Crippen LogP contribution in [-0.4, -0.2) is 22.1 Å². The molecule has 3 nitrogen and oxygen atoms in total. The number of hydrogen-bond acceptors (Lipinski definition) is 2. The van der Waals surface area contributed by atoms with Gasteiger partial charge in [-0.15, -0.1) is 0 Å². The highest BCUT2D eigenvalue weighted by atomic mass is 15.1. The molecule has 1 aliphatic rings. The Kier molecular flexibility index (Phi) is 3.41. The number of nitrogens with one attached hydrogen (secondary N) is 1. The van der Waals surface area contributed by atoms with Gasteiger partial charge < -0.3 is 9.88 Å². The minimum Gasteiger partial charge on any atom is -0.335 e. The first kappa shape index (κ1) is 10.7. The van der Waals surface area contributed by atoms with Crippen molar-refractivity contribution < 1.29 is 0 Å². The monoisotopic (exact) mass is 207 g/mol. The highest BCUT2D eigenvalue weighted by molar-refractivity contribution is 4.89. The summed E-state index contributed by atoms with van der Waals surface area (Å²) in [5.41, 5.74) is 0. The molecule has 0 saturated heterocycles. The maximum absolute atomic E-state index is 4.23. The standard InChI is InChI=1S/C12H21N3/c1-10(8-14-12-4-3-5-12)9-15-7-6-13-11(15)2/h6-7,10,12,14H,3-5,8-9H2,1-2H3. The molecule has 1 fully saturated rings. The average molecular weight is 207 g/mol. The molecule has 1 saturated carbocycles. The second-order valence-electron chi connectivity index (χ2n) is 4.77. The Hall–Kier alpha value is -0.830. The summed E-state index contributed by atoms with van der Waals surface area (Å²) in [6.45, 7) is 6.56. The first-order chi connectivity index (χ1) is 7.25. The molecule has 0 aromatic carbocycles. The molecule has 1 heterocycles. The molecule has 0 aliphatic heterocycles. The van der Waals surface area contributed by atoms with E-state index in [1.807, 2.05) is 6.20 Å². The van der Waals surface area contributed by atoms with Crippen molar-refractivity contribution in [2.75, 3.05) is 6.54 Å². The highest BCUT2D eigenvalue weighted by Crippen LogP contribution is 2.18. The van der Waals surface area contributed by atoms with Crippen LogP contribution in [-0.2, 0) is 6.54 Å². The number of rotatable bonds is 5. The van der Waals surface area contributed by atoms with Crippen molar-refractivity contribution in [3.8, 4) is 0 Å².